The van der Waals surface area contributed by atoms with Crippen molar-refractivity contribution in [2.75, 3.05) is 20.3 Å². The number of amides is 1. The maximum absolute atomic E-state index is 12.7. The summed E-state index contributed by atoms with van der Waals surface area (Å²) in [7, 11) is 1.71. The average Bonchev–Trinajstić information content (AvgIpc) is 3.56. The van der Waals surface area contributed by atoms with Gasteiger partial charge < -0.3 is 24.4 Å². The monoisotopic (exact) mass is 554 g/mol. The second kappa shape index (κ2) is 12.7. The Hall–Kier alpha value is -3.69. The van der Waals surface area contributed by atoms with E-state index in [1.165, 1.54) is 18.5 Å². The molecule has 1 fully saturated rings. The van der Waals surface area contributed by atoms with Crippen LogP contribution in [0.25, 0.3) is 0 Å². The fraction of sp³-hybridized carbons (Fsp3) is 0.500. The number of halogens is 6. The van der Waals surface area contributed by atoms with Crippen LogP contribution in [0.4, 0.5) is 26.3 Å². The lowest BCUT2D eigenvalue weighted by atomic mass is 9.98. The Morgan fingerprint density at radius 2 is 1.61 bits per heavy atom. The van der Waals surface area contributed by atoms with E-state index in [1.54, 1.807) is 19.4 Å². The zero-order valence-corrected chi connectivity index (χ0v) is 19.9. The van der Waals surface area contributed by atoms with Gasteiger partial charge in [-0.2, -0.15) is 26.3 Å². The van der Waals surface area contributed by atoms with Gasteiger partial charge in [0.25, 0.3) is 5.91 Å². The Morgan fingerprint density at radius 1 is 1.03 bits per heavy atom. The molecule has 0 radical (unpaired) electrons. The lowest BCUT2D eigenvalue weighted by Crippen LogP contribution is -2.40. The van der Waals surface area contributed by atoms with E-state index < -0.39 is 24.3 Å². The number of alkyl halides is 6. The minimum absolute atomic E-state index is 0.0425. The molecular formula is C22H24F6N4O6. The highest BCUT2D eigenvalue weighted by atomic mass is 19.4. The number of pyridine rings is 1. The van der Waals surface area contributed by atoms with Gasteiger partial charge in [-0.15, -0.1) is 0 Å². The second-order valence-corrected chi connectivity index (χ2v) is 8.33. The molecule has 1 aliphatic carbocycles. The molecule has 3 heterocycles. The molecule has 4 rings (SSSR count). The maximum atomic E-state index is 12.7. The first kappa shape index (κ1) is 30.5. The van der Waals surface area contributed by atoms with Gasteiger partial charge in [-0.3, -0.25) is 9.78 Å². The van der Waals surface area contributed by atoms with Crippen molar-refractivity contribution in [1.29, 1.82) is 0 Å². The van der Waals surface area contributed by atoms with Gasteiger partial charge >= 0.3 is 24.3 Å². The highest BCUT2D eigenvalue weighted by Gasteiger charge is 2.39. The number of carboxylic acids is 2. The van der Waals surface area contributed by atoms with Crippen molar-refractivity contribution in [3.63, 3.8) is 0 Å². The molecule has 1 atom stereocenters. The minimum Gasteiger partial charge on any atom is -0.475 e. The van der Waals surface area contributed by atoms with Crippen molar-refractivity contribution in [3.05, 3.63) is 47.8 Å². The molecule has 1 amide bonds. The van der Waals surface area contributed by atoms with Crippen LogP contribution in [0.5, 0.6) is 0 Å². The number of nitrogens with zero attached hydrogens (tertiary/aromatic N) is 4. The van der Waals surface area contributed by atoms with Crippen molar-refractivity contribution in [1.82, 2.24) is 19.4 Å². The van der Waals surface area contributed by atoms with E-state index in [0.717, 1.165) is 18.2 Å². The number of carbonyl (C=O) groups excluding carboxylic acids is 1. The summed E-state index contributed by atoms with van der Waals surface area (Å²) < 4.78 is 71.2. The Balaban J connectivity index is 0.000000301. The largest absolute Gasteiger partial charge is 0.490 e. The molecule has 1 aliphatic heterocycles. The van der Waals surface area contributed by atoms with Crippen molar-refractivity contribution in [2.45, 2.75) is 44.2 Å². The molecular weight excluding hydrogens is 530 g/mol. The van der Waals surface area contributed by atoms with Crippen molar-refractivity contribution < 1.29 is 55.7 Å². The van der Waals surface area contributed by atoms with Crippen LogP contribution in [0.1, 0.15) is 40.6 Å². The number of aliphatic carboxylic acids is 2. The number of rotatable bonds is 5. The Labute approximate surface area is 211 Å². The number of hydrogen-bond acceptors (Lipinski definition) is 6. The molecule has 2 aliphatic rings. The number of imidazole rings is 1. The number of aromatic nitrogens is 3. The van der Waals surface area contributed by atoms with Gasteiger partial charge in [-0.05, 0) is 30.9 Å². The highest BCUT2D eigenvalue weighted by molar-refractivity contribution is 5.92. The van der Waals surface area contributed by atoms with Crippen LogP contribution in [0.3, 0.4) is 0 Å². The summed E-state index contributed by atoms with van der Waals surface area (Å²) in [6.45, 7) is 2.82. The molecule has 2 aromatic rings. The zero-order valence-electron chi connectivity index (χ0n) is 19.9. The van der Waals surface area contributed by atoms with Gasteiger partial charge in [0.15, 0.2) is 0 Å². The third-order valence-corrected chi connectivity index (χ3v) is 5.30. The predicted molar refractivity (Wildman–Crippen MR) is 116 cm³/mol. The van der Waals surface area contributed by atoms with Crippen molar-refractivity contribution >= 4 is 17.8 Å². The summed E-state index contributed by atoms with van der Waals surface area (Å²) in [4.78, 5) is 41.1. The van der Waals surface area contributed by atoms with Gasteiger partial charge in [0.05, 0.1) is 25.2 Å². The van der Waals surface area contributed by atoms with Crippen LogP contribution >= 0.6 is 0 Å². The number of fused-ring (bicyclic) bond motifs is 1. The van der Waals surface area contributed by atoms with E-state index in [-0.39, 0.29) is 11.8 Å². The number of carbonyl (C=O) groups is 3. The molecule has 10 nitrogen and oxygen atoms in total. The third kappa shape index (κ3) is 9.00. The smallest absolute Gasteiger partial charge is 0.475 e. The fourth-order valence-electron chi connectivity index (χ4n) is 3.49. The van der Waals surface area contributed by atoms with Crippen LogP contribution in [0.2, 0.25) is 0 Å². The lowest BCUT2D eigenvalue weighted by Gasteiger charge is -2.33. The van der Waals surface area contributed by atoms with Crippen LogP contribution in [-0.4, -0.2) is 80.1 Å². The first-order chi connectivity index (χ1) is 17.6. The van der Waals surface area contributed by atoms with Crippen LogP contribution in [0.15, 0.2) is 30.7 Å². The number of hydrogen-bond donors (Lipinski definition) is 2. The Kier molecular flexibility index (Phi) is 10.2. The van der Waals surface area contributed by atoms with Gasteiger partial charge in [-0.25, -0.2) is 14.6 Å². The molecule has 16 heteroatoms. The highest BCUT2D eigenvalue weighted by Crippen LogP contribution is 2.34. The Bertz CT molecular complexity index is 1080. The van der Waals surface area contributed by atoms with Crippen LogP contribution < -0.4 is 0 Å². The first-order valence-electron chi connectivity index (χ1n) is 11.0. The van der Waals surface area contributed by atoms with Crippen LogP contribution in [-0.2, 0) is 27.4 Å². The standard InChI is InChI=1S/C18H22N4O2.2C2HF3O2/c1-24-11-14-9-21(18(23)15-4-2-3-7-19-15)10-16-17(14)22(12-20-16)8-13-5-6-13;2*3-2(4,5)1(6)7/h2-4,7,12-14H,5-6,8-11H2,1H3;2*(H,6,7). The van der Waals surface area contributed by atoms with E-state index in [0.29, 0.717) is 25.4 Å². The van der Waals surface area contributed by atoms with Crippen molar-refractivity contribution in [2.24, 2.45) is 5.92 Å². The SMILES string of the molecule is COCC1CN(C(=O)c2ccccn2)Cc2ncn(CC3CC3)c21.O=C(O)C(F)(F)F.O=C(O)C(F)(F)F. The molecule has 210 valence electrons. The molecule has 1 unspecified atom stereocenters. The second-order valence-electron chi connectivity index (χ2n) is 8.33. The van der Waals surface area contributed by atoms with Gasteiger partial charge in [0.1, 0.15) is 5.69 Å². The fourth-order valence-corrected chi connectivity index (χ4v) is 3.49. The predicted octanol–water partition coefficient (Wildman–Crippen LogP) is 3.34. The van der Waals surface area contributed by atoms with E-state index in [9.17, 15) is 31.1 Å². The zero-order chi connectivity index (χ0) is 28.7. The lowest BCUT2D eigenvalue weighted by molar-refractivity contribution is -0.193. The topological polar surface area (TPSA) is 135 Å². The Morgan fingerprint density at radius 3 is 2.05 bits per heavy atom. The average molecular weight is 554 g/mol. The maximum Gasteiger partial charge on any atom is 0.490 e. The van der Waals surface area contributed by atoms with E-state index in [1.807, 2.05) is 23.4 Å². The molecule has 1 saturated carbocycles. The number of carboxylic acid groups (broad SMARTS) is 2. The van der Waals surface area contributed by atoms with E-state index >= 15 is 0 Å². The number of methoxy groups -OCH3 is 1. The summed E-state index contributed by atoms with van der Waals surface area (Å²) in [6, 6.07) is 5.42. The quantitative estimate of drug-likeness (QED) is 0.538. The molecule has 2 aromatic heterocycles. The molecule has 38 heavy (non-hydrogen) atoms. The summed E-state index contributed by atoms with van der Waals surface area (Å²) in [5, 5.41) is 14.2. The summed E-state index contributed by atoms with van der Waals surface area (Å²) in [5.41, 5.74) is 2.72. The van der Waals surface area contributed by atoms with E-state index in [4.69, 9.17) is 24.5 Å². The molecule has 0 bridgehead atoms. The van der Waals surface area contributed by atoms with Crippen molar-refractivity contribution in [3.8, 4) is 0 Å². The molecule has 2 N–H and O–H groups in total. The summed E-state index contributed by atoms with van der Waals surface area (Å²) in [6.07, 6.45) is -3.96. The minimum atomic E-state index is -5.08. The molecule has 0 spiro atoms. The third-order valence-electron chi connectivity index (χ3n) is 5.30. The van der Waals surface area contributed by atoms with Crippen LogP contribution in [0, 0.1) is 5.92 Å². The summed E-state index contributed by atoms with van der Waals surface area (Å²) in [5.74, 6) is -4.61. The molecule has 0 aromatic carbocycles. The number of ether oxygens (including phenoxy) is 1. The van der Waals surface area contributed by atoms with Gasteiger partial charge in [0, 0.05) is 38.0 Å². The van der Waals surface area contributed by atoms with E-state index in [2.05, 4.69) is 14.5 Å². The van der Waals surface area contributed by atoms with Gasteiger partial charge in [-0.1, -0.05) is 6.07 Å². The first-order valence-corrected chi connectivity index (χ1v) is 11.0. The normalized spacial score (nSPS) is 16.8. The van der Waals surface area contributed by atoms with Gasteiger partial charge in [0.2, 0.25) is 0 Å². The molecule has 0 saturated heterocycles. The summed E-state index contributed by atoms with van der Waals surface area (Å²) >= 11 is 0.